The fraction of sp³-hybridized carbons (Fsp3) is 0.538. The molecule has 0 atom stereocenters. The Bertz CT molecular complexity index is 491. The van der Waals surface area contributed by atoms with Crippen molar-refractivity contribution >= 4 is 0 Å². The van der Waals surface area contributed by atoms with Crippen molar-refractivity contribution in [2.45, 2.75) is 19.5 Å². The summed E-state index contributed by atoms with van der Waals surface area (Å²) in [6.45, 7) is 3.27. The molecular weight excluding hydrogens is 242 g/mol. The van der Waals surface area contributed by atoms with E-state index in [4.69, 9.17) is 4.74 Å². The van der Waals surface area contributed by atoms with Gasteiger partial charge in [-0.25, -0.2) is 0 Å². The van der Waals surface area contributed by atoms with Crippen LogP contribution < -0.4 is 5.32 Å². The molecule has 0 bridgehead atoms. The molecule has 2 rings (SSSR count). The van der Waals surface area contributed by atoms with Crippen molar-refractivity contribution in [3.63, 3.8) is 0 Å². The summed E-state index contributed by atoms with van der Waals surface area (Å²) in [5, 5.41) is 11.9. The highest BCUT2D eigenvalue weighted by molar-refractivity contribution is 5.05. The molecule has 0 aliphatic heterocycles. The molecule has 19 heavy (non-hydrogen) atoms. The van der Waals surface area contributed by atoms with E-state index in [0.717, 1.165) is 32.7 Å². The second-order valence-corrected chi connectivity index (χ2v) is 4.49. The van der Waals surface area contributed by atoms with Crippen LogP contribution in [0.2, 0.25) is 0 Å². The number of aromatic nitrogens is 4. The molecule has 0 aliphatic rings. The Balaban J connectivity index is 1.81. The zero-order valence-corrected chi connectivity index (χ0v) is 11.5. The van der Waals surface area contributed by atoms with Gasteiger partial charge >= 0.3 is 0 Å². The second kappa shape index (κ2) is 7.06. The van der Waals surface area contributed by atoms with Crippen LogP contribution in [0.5, 0.6) is 0 Å². The molecule has 1 N–H and O–H groups in total. The molecule has 2 aromatic heterocycles. The summed E-state index contributed by atoms with van der Waals surface area (Å²) in [5.41, 5.74) is 2.43. The van der Waals surface area contributed by atoms with E-state index >= 15 is 0 Å². The smallest absolute Gasteiger partial charge is 0.0587 e. The molecule has 0 saturated carbocycles. The number of aryl methyl sites for hydroxylation is 3. The van der Waals surface area contributed by atoms with Crippen molar-refractivity contribution in [1.82, 2.24) is 24.9 Å². The lowest BCUT2D eigenvalue weighted by molar-refractivity contribution is 0.199. The number of hydrogen-bond donors (Lipinski definition) is 1. The summed E-state index contributed by atoms with van der Waals surface area (Å²) in [6.07, 6.45) is 6.73. The van der Waals surface area contributed by atoms with Gasteiger partial charge < -0.3 is 10.1 Å². The summed E-state index contributed by atoms with van der Waals surface area (Å²) < 4.78 is 8.86. The fourth-order valence-corrected chi connectivity index (χ4v) is 1.94. The van der Waals surface area contributed by atoms with Crippen LogP contribution in [-0.4, -0.2) is 39.8 Å². The Morgan fingerprint density at radius 3 is 3.00 bits per heavy atom. The minimum absolute atomic E-state index is 0.726. The number of methoxy groups -OCH3 is 1. The average Bonchev–Trinajstić information content (AvgIpc) is 3.01. The minimum atomic E-state index is 0.726. The fourth-order valence-electron chi connectivity index (χ4n) is 1.94. The molecular formula is C13H21N5O. The maximum absolute atomic E-state index is 5.00. The Hall–Kier alpha value is -1.66. The van der Waals surface area contributed by atoms with Gasteiger partial charge in [-0.15, -0.1) is 0 Å². The van der Waals surface area contributed by atoms with E-state index in [0.29, 0.717) is 0 Å². The first-order valence-electron chi connectivity index (χ1n) is 6.47. The van der Waals surface area contributed by atoms with Gasteiger partial charge in [0, 0.05) is 46.2 Å². The van der Waals surface area contributed by atoms with Crippen molar-refractivity contribution in [3.8, 4) is 0 Å². The zero-order valence-electron chi connectivity index (χ0n) is 11.5. The zero-order chi connectivity index (χ0) is 13.5. The van der Waals surface area contributed by atoms with Gasteiger partial charge in [-0.3, -0.25) is 9.36 Å². The van der Waals surface area contributed by atoms with Crippen LogP contribution in [0.4, 0.5) is 0 Å². The average molecular weight is 263 g/mol. The molecule has 2 aromatic rings. The van der Waals surface area contributed by atoms with E-state index in [-0.39, 0.29) is 0 Å². The molecule has 0 unspecified atom stereocenters. The van der Waals surface area contributed by atoms with Gasteiger partial charge in [0.15, 0.2) is 0 Å². The highest BCUT2D eigenvalue weighted by atomic mass is 16.5. The van der Waals surface area contributed by atoms with Gasteiger partial charge in [0.2, 0.25) is 0 Å². The number of rotatable bonds is 8. The van der Waals surface area contributed by atoms with Crippen LogP contribution in [0.25, 0.3) is 0 Å². The Kier molecular flexibility index (Phi) is 5.11. The molecule has 6 heteroatoms. The van der Waals surface area contributed by atoms with Crippen molar-refractivity contribution in [2.24, 2.45) is 7.05 Å². The van der Waals surface area contributed by atoms with E-state index in [9.17, 15) is 0 Å². The molecule has 0 spiro atoms. The summed E-state index contributed by atoms with van der Waals surface area (Å²) in [5.74, 6) is 0. The topological polar surface area (TPSA) is 56.9 Å². The quantitative estimate of drug-likeness (QED) is 0.708. The lowest BCUT2D eigenvalue weighted by Gasteiger charge is -2.08. The summed E-state index contributed by atoms with van der Waals surface area (Å²) >= 11 is 0. The lowest BCUT2D eigenvalue weighted by Crippen LogP contribution is -2.21. The van der Waals surface area contributed by atoms with E-state index in [1.54, 1.807) is 7.11 Å². The lowest BCUT2D eigenvalue weighted by atomic mass is 10.2. The minimum Gasteiger partial charge on any atom is -0.383 e. The first-order chi connectivity index (χ1) is 9.29. The number of nitrogens with zero attached hydrogens (tertiary/aromatic N) is 4. The first kappa shape index (κ1) is 13.8. The maximum atomic E-state index is 5.00. The van der Waals surface area contributed by atoms with Crippen LogP contribution >= 0.6 is 0 Å². The number of ether oxygens (including phenoxy) is 1. The molecule has 0 saturated heterocycles. The van der Waals surface area contributed by atoms with Crippen LogP contribution in [-0.2, 0) is 31.3 Å². The third kappa shape index (κ3) is 4.18. The SMILES string of the molecule is COCCNCc1ccnn1CCc1cnn(C)c1. The molecule has 6 nitrogen and oxygen atoms in total. The third-order valence-electron chi connectivity index (χ3n) is 2.96. The van der Waals surface area contributed by atoms with Crippen molar-refractivity contribution in [2.75, 3.05) is 20.3 Å². The van der Waals surface area contributed by atoms with Gasteiger partial charge in [-0.2, -0.15) is 10.2 Å². The first-order valence-corrected chi connectivity index (χ1v) is 6.47. The summed E-state index contributed by atoms with van der Waals surface area (Å²) in [7, 11) is 3.64. The molecule has 104 valence electrons. The van der Waals surface area contributed by atoms with Crippen molar-refractivity contribution in [1.29, 1.82) is 0 Å². The van der Waals surface area contributed by atoms with Gasteiger partial charge in [0.1, 0.15) is 0 Å². The number of hydrogen-bond acceptors (Lipinski definition) is 4. The third-order valence-corrected chi connectivity index (χ3v) is 2.96. The van der Waals surface area contributed by atoms with Crippen molar-refractivity contribution in [3.05, 3.63) is 35.9 Å². The van der Waals surface area contributed by atoms with Crippen LogP contribution in [0.3, 0.4) is 0 Å². The maximum Gasteiger partial charge on any atom is 0.0587 e. The van der Waals surface area contributed by atoms with Gasteiger partial charge in [0.05, 0.1) is 18.5 Å². The summed E-state index contributed by atoms with van der Waals surface area (Å²) in [4.78, 5) is 0. The molecule has 2 heterocycles. The second-order valence-electron chi connectivity index (χ2n) is 4.49. The van der Waals surface area contributed by atoms with Crippen LogP contribution in [0.15, 0.2) is 24.7 Å². The molecule has 0 fully saturated rings. The van der Waals surface area contributed by atoms with Gasteiger partial charge in [-0.05, 0) is 18.1 Å². The predicted molar refractivity (Wildman–Crippen MR) is 72.7 cm³/mol. The van der Waals surface area contributed by atoms with Crippen molar-refractivity contribution < 1.29 is 4.74 Å². The van der Waals surface area contributed by atoms with E-state index in [1.165, 1.54) is 11.3 Å². The number of nitrogens with one attached hydrogen (secondary N) is 1. The van der Waals surface area contributed by atoms with Crippen LogP contribution in [0, 0.1) is 0 Å². The molecule has 0 aliphatic carbocycles. The molecule has 0 aromatic carbocycles. The largest absolute Gasteiger partial charge is 0.383 e. The Morgan fingerprint density at radius 1 is 1.37 bits per heavy atom. The highest BCUT2D eigenvalue weighted by Crippen LogP contribution is 2.03. The van der Waals surface area contributed by atoms with Crippen LogP contribution in [0.1, 0.15) is 11.3 Å². The highest BCUT2D eigenvalue weighted by Gasteiger charge is 2.03. The predicted octanol–water partition coefficient (Wildman–Crippen LogP) is 0.595. The summed E-state index contributed by atoms with van der Waals surface area (Å²) in [6, 6.07) is 2.04. The van der Waals surface area contributed by atoms with E-state index in [1.807, 2.05) is 41.1 Å². The Morgan fingerprint density at radius 2 is 2.26 bits per heavy atom. The molecule has 0 radical (unpaired) electrons. The standard InChI is InChI=1S/C13H21N5O/c1-17-11-12(9-16-17)4-7-18-13(3-5-15-18)10-14-6-8-19-2/h3,5,9,11,14H,4,6-8,10H2,1-2H3. The Labute approximate surface area is 113 Å². The normalized spacial score (nSPS) is 11.1. The van der Waals surface area contributed by atoms with Gasteiger partial charge in [-0.1, -0.05) is 0 Å². The van der Waals surface area contributed by atoms with Gasteiger partial charge in [0.25, 0.3) is 0 Å². The van der Waals surface area contributed by atoms with E-state index < -0.39 is 0 Å². The monoisotopic (exact) mass is 263 g/mol. The molecule has 0 amide bonds. The van der Waals surface area contributed by atoms with E-state index in [2.05, 4.69) is 15.5 Å².